The summed E-state index contributed by atoms with van der Waals surface area (Å²) >= 11 is 0. The van der Waals surface area contributed by atoms with Gasteiger partial charge in [0, 0.05) is 49.9 Å². The maximum absolute atomic E-state index is 12.9. The van der Waals surface area contributed by atoms with E-state index in [1.807, 2.05) is 28.0 Å². The molecule has 0 radical (unpaired) electrons. The maximum atomic E-state index is 12.9. The van der Waals surface area contributed by atoms with E-state index in [0.29, 0.717) is 38.2 Å². The van der Waals surface area contributed by atoms with Gasteiger partial charge < -0.3 is 14.8 Å². The van der Waals surface area contributed by atoms with Crippen LogP contribution < -0.4 is 5.56 Å². The number of aromatic nitrogens is 2. The van der Waals surface area contributed by atoms with Crippen molar-refractivity contribution in [1.82, 2.24) is 19.8 Å². The Labute approximate surface area is 163 Å². The zero-order chi connectivity index (χ0) is 19.6. The lowest BCUT2D eigenvalue weighted by molar-refractivity contribution is -0.139. The van der Waals surface area contributed by atoms with Crippen molar-refractivity contribution in [1.29, 1.82) is 0 Å². The fraction of sp³-hybridized carbons (Fsp3) is 0.429. The van der Waals surface area contributed by atoms with Crippen molar-refractivity contribution >= 4 is 11.8 Å². The van der Waals surface area contributed by atoms with Gasteiger partial charge in [-0.15, -0.1) is 0 Å². The Balaban J connectivity index is 1.49. The first-order valence-corrected chi connectivity index (χ1v) is 9.70. The highest BCUT2D eigenvalue weighted by atomic mass is 16.2. The number of pyridine rings is 2. The summed E-state index contributed by atoms with van der Waals surface area (Å²) in [4.78, 5) is 47.3. The molecular formula is C21H24N4O3. The number of likely N-dealkylation sites (tertiary alicyclic amines) is 2. The van der Waals surface area contributed by atoms with Crippen molar-refractivity contribution in [2.45, 2.75) is 32.2 Å². The Morgan fingerprint density at radius 3 is 2.79 bits per heavy atom. The number of carbonyl (C=O) groups excluding carboxylic acids is 2. The monoisotopic (exact) mass is 380 g/mol. The zero-order valence-electron chi connectivity index (χ0n) is 15.8. The second kappa shape index (κ2) is 7.58. The number of H-pyrrole nitrogens is 1. The Kier molecular flexibility index (Phi) is 4.98. The minimum Gasteiger partial charge on any atom is -0.338 e. The molecule has 2 amide bonds. The number of nitrogens with one attached hydrogen (secondary N) is 1. The Hall–Kier alpha value is -2.96. The van der Waals surface area contributed by atoms with Crippen LogP contribution in [-0.4, -0.2) is 51.2 Å². The van der Waals surface area contributed by atoms with Gasteiger partial charge in [0.2, 0.25) is 11.5 Å². The number of carbonyl (C=O) groups is 2. The van der Waals surface area contributed by atoms with Gasteiger partial charge in [-0.25, -0.2) is 0 Å². The largest absolute Gasteiger partial charge is 0.338 e. The lowest BCUT2D eigenvalue weighted by Crippen LogP contribution is -2.54. The molecule has 1 atom stereocenters. The van der Waals surface area contributed by atoms with Crippen molar-refractivity contribution in [3.63, 3.8) is 0 Å². The summed E-state index contributed by atoms with van der Waals surface area (Å²) in [7, 11) is 0. The molecule has 2 aliphatic rings. The number of aromatic amines is 1. The lowest BCUT2D eigenvalue weighted by atomic mass is 9.73. The van der Waals surface area contributed by atoms with Crippen LogP contribution in [0.4, 0.5) is 0 Å². The Morgan fingerprint density at radius 2 is 2.04 bits per heavy atom. The molecule has 4 heterocycles. The molecule has 2 aromatic heterocycles. The van der Waals surface area contributed by atoms with Gasteiger partial charge in [-0.2, -0.15) is 0 Å². The molecule has 0 aliphatic carbocycles. The quantitative estimate of drug-likeness (QED) is 0.880. The molecule has 4 rings (SSSR count). The normalized spacial score (nSPS) is 22.5. The van der Waals surface area contributed by atoms with Crippen LogP contribution in [0.25, 0.3) is 0 Å². The SMILES string of the molecule is O=C1CC[C@]2(CCCN(C(=O)c3ccc(=O)[nH]c3)C2)CN1Cc1ccccn1. The van der Waals surface area contributed by atoms with E-state index in [1.54, 1.807) is 12.3 Å². The number of nitrogens with zero attached hydrogens (tertiary/aromatic N) is 3. The third-order valence-electron chi connectivity index (χ3n) is 5.81. The highest BCUT2D eigenvalue weighted by molar-refractivity contribution is 5.94. The summed E-state index contributed by atoms with van der Waals surface area (Å²) in [6.45, 7) is 2.50. The van der Waals surface area contributed by atoms with Crippen molar-refractivity contribution < 1.29 is 9.59 Å². The number of amides is 2. The van der Waals surface area contributed by atoms with E-state index in [2.05, 4.69) is 9.97 Å². The molecule has 2 aromatic rings. The summed E-state index contributed by atoms with van der Waals surface area (Å²) < 4.78 is 0. The third-order valence-corrected chi connectivity index (χ3v) is 5.81. The Bertz CT molecular complexity index is 906. The predicted molar refractivity (Wildman–Crippen MR) is 104 cm³/mol. The summed E-state index contributed by atoms with van der Waals surface area (Å²) in [5.41, 5.74) is 1.08. The van der Waals surface area contributed by atoms with Crippen LogP contribution in [0.5, 0.6) is 0 Å². The zero-order valence-corrected chi connectivity index (χ0v) is 15.8. The van der Waals surface area contributed by atoms with E-state index in [-0.39, 0.29) is 22.8 Å². The molecule has 1 spiro atoms. The summed E-state index contributed by atoms with van der Waals surface area (Å²) in [5.74, 6) is 0.0869. The maximum Gasteiger partial charge on any atom is 0.255 e. The van der Waals surface area contributed by atoms with Crippen LogP contribution in [0.3, 0.4) is 0 Å². The topological polar surface area (TPSA) is 86.4 Å². The molecule has 1 N–H and O–H groups in total. The van der Waals surface area contributed by atoms with Crippen LogP contribution >= 0.6 is 0 Å². The molecule has 0 saturated carbocycles. The summed E-state index contributed by atoms with van der Waals surface area (Å²) in [5, 5.41) is 0. The van der Waals surface area contributed by atoms with Gasteiger partial charge in [0.05, 0.1) is 17.8 Å². The summed E-state index contributed by atoms with van der Waals surface area (Å²) in [6.07, 6.45) is 6.46. The van der Waals surface area contributed by atoms with Gasteiger partial charge in [0.1, 0.15) is 0 Å². The van der Waals surface area contributed by atoms with E-state index in [0.717, 1.165) is 25.0 Å². The molecule has 2 fully saturated rings. The molecule has 0 bridgehead atoms. The van der Waals surface area contributed by atoms with Crippen LogP contribution in [0.2, 0.25) is 0 Å². The first kappa shape index (κ1) is 18.4. The highest BCUT2D eigenvalue weighted by Crippen LogP contribution is 2.39. The first-order chi connectivity index (χ1) is 13.5. The molecular weight excluding hydrogens is 356 g/mol. The fourth-order valence-corrected chi connectivity index (χ4v) is 4.37. The highest BCUT2D eigenvalue weighted by Gasteiger charge is 2.42. The van der Waals surface area contributed by atoms with Gasteiger partial charge in [0.25, 0.3) is 5.91 Å². The Morgan fingerprint density at radius 1 is 1.14 bits per heavy atom. The molecule has 0 unspecified atom stereocenters. The number of hydrogen-bond donors (Lipinski definition) is 1. The molecule has 7 heteroatoms. The molecule has 7 nitrogen and oxygen atoms in total. The summed E-state index contributed by atoms with van der Waals surface area (Å²) in [6, 6.07) is 8.67. The van der Waals surface area contributed by atoms with Crippen molar-refractivity contribution in [3.8, 4) is 0 Å². The van der Waals surface area contributed by atoms with Crippen LogP contribution in [0, 0.1) is 5.41 Å². The minimum atomic E-state index is -0.220. The molecule has 0 aromatic carbocycles. The van der Waals surface area contributed by atoms with Gasteiger partial charge in [0.15, 0.2) is 0 Å². The predicted octanol–water partition coefficient (Wildman–Crippen LogP) is 1.81. The van der Waals surface area contributed by atoms with Gasteiger partial charge >= 0.3 is 0 Å². The molecule has 2 saturated heterocycles. The standard InChI is InChI=1S/C21H24N4O3/c26-18-6-5-16(12-23-18)20(28)24-11-3-8-21(14-24)9-7-19(27)25(15-21)13-17-4-1-2-10-22-17/h1-2,4-6,10,12H,3,7-9,11,13-15H2,(H,23,26)/t21-/m0/s1. The van der Waals surface area contributed by atoms with Crippen LogP contribution in [0.1, 0.15) is 41.7 Å². The van der Waals surface area contributed by atoms with E-state index in [1.165, 1.54) is 12.3 Å². The number of piperidine rings is 2. The average molecular weight is 380 g/mol. The van der Waals surface area contributed by atoms with Crippen LogP contribution in [0.15, 0.2) is 47.5 Å². The molecule has 2 aliphatic heterocycles. The van der Waals surface area contributed by atoms with E-state index >= 15 is 0 Å². The van der Waals surface area contributed by atoms with Gasteiger partial charge in [-0.1, -0.05) is 6.07 Å². The second-order valence-electron chi connectivity index (χ2n) is 7.84. The van der Waals surface area contributed by atoms with Crippen molar-refractivity contribution in [2.24, 2.45) is 5.41 Å². The number of rotatable bonds is 3. The fourth-order valence-electron chi connectivity index (χ4n) is 4.37. The van der Waals surface area contributed by atoms with E-state index in [9.17, 15) is 14.4 Å². The second-order valence-corrected chi connectivity index (χ2v) is 7.84. The van der Waals surface area contributed by atoms with E-state index < -0.39 is 0 Å². The van der Waals surface area contributed by atoms with Gasteiger partial charge in [-0.05, 0) is 37.5 Å². The first-order valence-electron chi connectivity index (χ1n) is 9.70. The van der Waals surface area contributed by atoms with Crippen molar-refractivity contribution in [2.75, 3.05) is 19.6 Å². The van der Waals surface area contributed by atoms with E-state index in [4.69, 9.17) is 0 Å². The third kappa shape index (κ3) is 3.83. The molecule has 28 heavy (non-hydrogen) atoms. The number of hydrogen-bond acceptors (Lipinski definition) is 4. The minimum absolute atomic E-state index is 0.0662. The molecule has 146 valence electrons. The average Bonchev–Trinajstić information content (AvgIpc) is 2.72. The van der Waals surface area contributed by atoms with Crippen molar-refractivity contribution in [3.05, 3.63) is 64.3 Å². The van der Waals surface area contributed by atoms with Crippen LogP contribution in [-0.2, 0) is 11.3 Å². The lowest BCUT2D eigenvalue weighted by Gasteiger charge is -2.48. The van der Waals surface area contributed by atoms with Gasteiger partial charge in [-0.3, -0.25) is 19.4 Å². The smallest absolute Gasteiger partial charge is 0.255 e.